The van der Waals surface area contributed by atoms with Crippen LogP contribution in [0.2, 0.25) is 0 Å². The minimum Gasteiger partial charge on any atom is -0.481 e. The Bertz CT molecular complexity index is 821. The van der Waals surface area contributed by atoms with E-state index in [4.69, 9.17) is 15.9 Å². The van der Waals surface area contributed by atoms with Gasteiger partial charge in [-0.25, -0.2) is 4.79 Å². The molecule has 1 aromatic carbocycles. The van der Waals surface area contributed by atoms with Crippen LogP contribution in [0.1, 0.15) is 25.3 Å². The van der Waals surface area contributed by atoms with Crippen LogP contribution in [0.25, 0.3) is 0 Å². The summed E-state index contributed by atoms with van der Waals surface area (Å²) in [4.78, 5) is 59.2. The summed E-state index contributed by atoms with van der Waals surface area (Å²) in [6.45, 7) is 1.38. The second-order valence-electron chi connectivity index (χ2n) is 7.10. The van der Waals surface area contributed by atoms with Crippen molar-refractivity contribution in [1.29, 1.82) is 0 Å². The highest BCUT2D eigenvalue weighted by Gasteiger charge is 2.28. The number of benzene rings is 1. The highest BCUT2D eigenvalue weighted by Crippen LogP contribution is 2.04. The number of carboxylic acids is 2. The number of carbonyl (C=O) groups is 5. The normalized spacial score (nSPS) is 14.3. The molecular formula is C20H28N4O7S. The van der Waals surface area contributed by atoms with Gasteiger partial charge in [0.1, 0.15) is 18.1 Å². The predicted octanol–water partition coefficient (Wildman–Crippen LogP) is -1.09. The number of thiol groups is 1. The Morgan fingerprint density at radius 1 is 0.938 bits per heavy atom. The van der Waals surface area contributed by atoms with Crippen molar-refractivity contribution in [2.45, 2.75) is 50.4 Å². The first-order valence-corrected chi connectivity index (χ1v) is 10.4. The van der Waals surface area contributed by atoms with Crippen LogP contribution >= 0.6 is 12.6 Å². The van der Waals surface area contributed by atoms with Gasteiger partial charge in [-0.1, -0.05) is 30.3 Å². The lowest BCUT2D eigenvalue weighted by Crippen LogP contribution is -2.56. The maximum atomic E-state index is 12.5. The Morgan fingerprint density at radius 2 is 1.53 bits per heavy atom. The maximum absolute atomic E-state index is 12.5. The Balaban J connectivity index is 2.73. The lowest BCUT2D eigenvalue weighted by molar-refractivity contribution is -0.142. The first-order chi connectivity index (χ1) is 15.0. The standard InChI is InChI=1S/C20H28N4O7S/c1-11(22-18(28)13(21)9-12-5-3-2-4-6-12)17(27)23-14(7-8-16(25)26)19(29)24-15(10-32)20(30)31/h2-6,11,13-15,32H,7-10,21H2,1H3,(H,22,28)(H,23,27)(H,24,29)(H,25,26)(H,30,31). The molecule has 0 aliphatic rings. The van der Waals surface area contributed by atoms with Crippen LogP contribution in [0.15, 0.2) is 30.3 Å². The van der Waals surface area contributed by atoms with E-state index in [9.17, 15) is 24.0 Å². The minimum atomic E-state index is -1.33. The van der Waals surface area contributed by atoms with Gasteiger partial charge in [-0.15, -0.1) is 0 Å². The third-order valence-electron chi connectivity index (χ3n) is 4.46. The maximum Gasteiger partial charge on any atom is 0.327 e. The summed E-state index contributed by atoms with van der Waals surface area (Å²) >= 11 is 3.84. The molecule has 0 aliphatic carbocycles. The molecule has 0 saturated carbocycles. The summed E-state index contributed by atoms with van der Waals surface area (Å²) < 4.78 is 0. The van der Waals surface area contributed by atoms with Crippen molar-refractivity contribution in [3.8, 4) is 0 Å². The molecule has 0 aliphatic heterocycles. The van der Waals surface area contributed by atoms with Crippen molar-refractivity contribution in [1.82, 2.24) is 16.0 Å². The molecule has 0 fully saturated rings. The summed E-state index contributed by atoms with van der Waals surface area (Å²) in [7, 11) is 0. The summed E-state index contributed by atoms with van der Waals surface area (Å²) in [5.41, 5.74) is 6.73. The van der Waals surface area contributed by atoms with Crippen molar-refractivity contribution >= 4 is 42.3 Å². The van der Waals surface area contributed by atoms with Crippen LogP contribution in [-0.4, -0.2) is 69.8 Å². The minimum absolute atomic E-state index is 0.202. The average molecular weight is 469 g/mol. The molecule has 0 radical (unpaired) electrons. The highest BCUT2D eigenvalue weighted by atomic mass is 32.1. The quantitative estimate of drug-likeness (QED) is 0.178. The smallest absolute Gasteiger partial charge is 0.327 e. The number of hydrogen-bond donors (Lipinski definition) is 7. The van der Waals surface area contributed by atoms with Gasteiger partial charge in [0.05, 0.1) is 6.04 Å². The van der Waals surface area contributed by atoms with E-state index >= 15 is 0 Å². The number of amides is 3. The van der Waals surface area contributed by atoms with Gasteiger partial charge in [-0.3, -0.25) is 19.2 Å². The van der Waals surface area contributed by atoms with Gasteiger partial charge in [0.25, 0.3) is 0 Å². The van der Waals surface area contributed by atoms with Gasteiger partial charge >= 0.3 is 11.9 Å². The Labute approximate surface area is 190 Å². The van der Waals surface area contributed by atoms with E-state index < -0.39 is 60.2 Å². The molecule has 0 aromatic heterocycles. The third-order valence-corrected chi connectivity index (χ3v) is 4.83. The van der Waals surface area contributed by atoms with E-state index in [0.717, 1.165) is 5.56 Å². The molecule has 0 heterocycles. The first kappa shape index (κ1) is 26.9. The number of carboxylic acid groups (broad SMARTS) is 2. The summed E-state index contributed by atoms with van der Waals surface area (Å²) in [5.74, 6) is -4.94. The van der Waals surface area contributed by atoms with Crippen LogP contribution in [0, 0.1) is 0 Å². The number of nitrogens with one attached hydrogen (secondary N) is 3. The van der Waals surface area contributed by atoms with Crippen LogP contribution in [0.4, 0.5) is 0 Å². The number of rotatable bonds is 13. The lowest BCUT2D eigenvalue weighted by atomic mass is 10.1. The Morgan fingerprint density at radius 3 is 2.06 bits per heavy atom. The molecule has 4 atom stereocenters. The topological polar surface area (TPSA) is 188 Å². The number of hydrogen-bond acceptors (Lipinski definition) is 7. The zero-order chi connectivity index (χ0) is 24.3. The molecule has 4 unspecified atom stereocenters. The zero-order valence-electron chi connectivity index (χ0n) is 17.5. The average Bonchev–Trinajstić information content (AvgIpc) is 2.74. The van der Waals surface area contributed by atoms with Gasteiger partial charge in [0.15, 0.2) is 0 Å². The van der Waals surface area contributed by atoms with E-state index in [1.165, 1.54) is 6.92 Å². The van der Waals surface area contributed by atoms with Crippen LogP contribution in [-0.2, 0) is 30.4 Å². The van der Waals surface area contributed by atoms with Gasteiger partial charge in [0.2, 0.25) is 17.7 Å². The third kappa shape index (κ3) is 9.35. The largest absolute Gasteiger partial charge is 0.481 e. The van der Waals surface area contributed by atoms with Gasteiger partial charge in [-0.05, 0) is 25.3 Å². The fourth-order valence-corrected chi connectivity index (χ4v) is 2.89. The van der Waals surface area contributed by atoms with Crippen LogP contribution < -0.4 is 21.7 Å². The molecule has 32 heavy (non-hydrogen) atoms. The molecule has 11 nitrogen and oxygen atoms in total. The predicted molar refractivity (Wildman–Crippen MR) is 118 cm³/mol. The molecule has 12 heteroatoms. The van der Waals surface area contributed by atoms with Crippen LogP contribution in [0.5, 0.6) is 0 Å². The molecule has 0 spiro atoms. The van der Waals surface area contributed by atoms with Gasteiger partial charge in [-0.2, -0.15) is 12.6 Å². The van der Waals surface area contributed by atoms with E-state index in [1.807, 2.05) is 18.2 Å². The Hall–Kier alpha value is -3.12. The molecule has 1 rings (SSSR count). The van der Waals surface area contributed by atoms with E-state index in [-0.39, 0.29) is 18.6 Å². The second-order valence-corrected chi connectivity index (χ2v) is 7.47. The zero-order valence-corrected chi connectivity index (χ0v) is 18.4. The van der Waals surface area contributed by atoms with Crippen molar-refractivity contribution in [2.75, 3.05) is 5.75 Å². The van der Waals surface area contributed by atoms with E-state index in [2.05, 4.69) is 28.6 Å². The fourth-order valence-electron chi connectivity index (χ4n) is 2.64. The molecule has 7 N–H and O–H groups in total. The number of aliphatic carboxylic acids is 2. The molecule has 3 amide bonds. The van der Waals surface area contributed by atoms with Crippen molar-refractivity contribution in [2.24, 2.45) is 5.73 Å². The number of nitrogens with two attached hydrogens (primary N) is 1. The van der Waals surface area contributed by atoms with Crippen LogP contribution in [0.3, 0.4) is 0 Å². The Kier molecular flexibility index (Phi) is 11.2. The SMILES string of the molecule is CC(NC(=O)C(N)Cc1ccccc1)C(=O)NC(CCC(=O)O)C(=O)NC(CS)C(=O)O. The fraction of sp³-hybridized carbons (Fsp3) is 0.450. The molecule has 0 saturated heterocycles. The molecule has 1 aromatic rings. The van der Waals surface area contributed by atoms with Crippen molar-refractivity contribution in [3.05, 3.63) is 35.9 Å². The van der Waals surface area contributed by atoms with E-state index in [1.54, 1.807) is 12.1 Å². The second kappa shape index (κ2) is 13.3. The van der Waals surface area contributed by atoms with Gasteiger partial charge < -0.3 is 31.9 Å². The van der Waals surface area contributed by atoms with Crippen molar-refractivity contribution < 1.29 is 34.2 Å². The molecular weight excluding hydrogens is 440 g/mol. The molecule has 0 bridgehead atoms. The summed E-state index contributed by atoms with van der Waals surface area (Å²) in [6.07, 6.45) is -0.468. The molecule has 176 valence electrons. The highest BCUT2D eigenvalue weighted by molar-refractivity contribution is 7.80. The summed E-state index contributed by atoms with van der Waals surface area (Å²) in [6, 6.07) is 4.43. The van der Waals surface area contributed by atoms with Gasteiger partial charge in [0, 0.05) is 12.2 Å². The van der Waals surface area contributed by atoms with Crippen molar-refractivity contribution in [3.63, 3.8) is 0 Å². The summed E-state index contributed by atoms with van der Waals surface area (Å²) in [5, 5.41) is 24.9. The first-order valence-electron chi connectivity index (χ1n) is 9.81. The van der Waals surface area contributed by atoms with E-state index in [0.29, 0.717) is 0 Å². The lowest BCUT2D eigenvalue weighted by Gasteiger charge is -2.23. The monoisotopic (exact) mass is 468 g/mol. The number of carbonyl (C=O) groups excluding carboxylic acids is 3.